The van der Waals surface area contributed by atoms with Gasteiger partial charge in [-0.1, -0.05) is 54.6 Å². The van der Waals surface area contributed by atoms with E-state index in [-0.39, 0.29) is 36.8 Å². The molecule has 1 aliphatic rings. The lowest BCUT2D eigenvalue weighted by molar-refractivity contribution is -0.0586. The van der Waals surface area contributed by atoms with Gasteiger partial charge in [0.05, 0.1) is 37.6 Å². The van der Waals surface area contributed by atoms with E-state index in [0.29, 0.717) is 5.56 Å². The number of nitrogens with zero attached hydrogens (tertiary/aromatic N) is 2. The van der Waals surface area contributed by atoms with Gasteiger partial charge in [-0.2, -0.15) is 4.98 Å². The molecule has 0 saturated carbocycles. The maximum absolute atomic E-state index is 14.2. The van der Waals surface area contributed by atoms with Crippen LogP contribution in [0.2, 0.25) is 0 Å². The lowest BCUT2D eigenvalue weighted by atomic mass is 10.1. The molecule has 0 spiro atoms. The van der Waals surface area contributed by atoms with Crippen molar-refractivity contribution in [2.45, 2.75) is 45.3 Å². The normalized spacial score (nSPS) is 19.7. The molecule has 0 radical (unpaired) electrons. The Morgan fingerprint density at radius 1 is 0.683 bits per heavy atom. The first-order valence-electron chi connectivity index (χ1n) is 18.8. The summed E-state index contributed by atoms with van der Waals surface area (Å²) in [7, 11) is -11.6. The summed E-state index contributed by atoms with van der Waals surface area (Å²) in [6.07, 6.45) is -4.91. The zero-order chi connectivity index (χ0) is 43.3. The van der Waals surface area contributed by atoms with Crippen LogP contribution < -0.4 is 11.0 Å². The third-order valence-electron chi connectivity index (χ3n) is 8.68. The number of hydrogen-bond acceptors (Lipinski definition) is 16. The van der Waals surface area contributed by atoms with Gasteiger partial charge < -0.3 is 42.1 Å². The van der Waals surface area contributed by atoms with Gasteiger partial charge in [-0.05, 0) is 63.2 Å². The van der Waals surface area contributed by atoms with Crippen molar-refractivity contribution >= 4 is 46.2 Å². The monoisotopic (exact) mass is 889 g/mol. The second kappa shape index (κ2) is 21.3. The molecule has 1 aromatic heterocycles. The molecule has 60 heavy (non-hydrogen) atoms. The average Bonchev–Trinajstić information content (AvgIpc) is 3.56. The zero-order valence-corrected chi connectivity index (χ0v) is 35.9. The van der Waals surface area contributed by atoms with Gasteiger partial charge in [0.2, 0.25) is 7.37 Å². The summed E-state index contributed by atoms with van der Waals surface area (Å²) in [6.45, 7) is 3.76. The van der Waals surface area contributed by atoms with E-state index in [1.54, 1.807) is 80.6 Å². The Balaban J connectivity index is 1.50. The fourth-order valence-corrected chi connectivity index (χ4v) is 15.4. The van der Waals surface area contributed by atoms with Crippen LogP contribution in [0.5, 0.6) is 0 Å². The summed E-state index contributed by atoms with van der Waals surface area (Å²) in [5.74, 6) is -4.00. The highest BCUT2D eigenvalue weighted by Gasteiger charge is 2.52. The van der Waals surface area contributed by atoms with Crippen LogP contribution in [0.25, 0.3) is 0 Å². The van der Waals surface area contributed by atoms with E-state index in [2.05, 4.69) is 10.3 Å². The molecule has 1 amide bonds. The summed E-state index contributed by atoms with van der Waals surface area (Å²) in [4.78, 5) is 57.7. The van der Waals surface area contributed by atoms with Crippen LogP contribution in [0.3, 0.4) is 0 Å². The molecule has 2 heterocycles. The van der Waals surface area contributed by atoms with Gasteiger partial charge in [-0.3, -0.25) is 23.1 Å². The standard InChI is InChI=1S/C39H46N3O15P3/c1-5-51-58(47,27-60(49,52-6-2)53-7-3)26-59(48,50-4)54-25-31-33(56-37(44)29-19-13-9-14-20-29)34(57-38(45)30-21-15-10-16-22-30)36(55-31)42-24-23-32(41-39(42)46)40-35(43)28-17-11-8-12-18-28/h8-24,31,33-34,36H,5-7,25-27H2,1-4H3,(H,40,41,43,46)/t31-,33-,34-,36-,58?,59?/m1/s1. The predicted molar refractivity (Wildman–Crippen MR) is 218 cm³/mol. The Morgan fingerprint density at radius 2 is 1.18 bits per heavy atom. The first-order valence-corrected chi connectivity index (χ1v) is 24.2. The number of carbonyl (C=O) groups is 3. The lowest BCUT2D eigenvalue weighted by Gasteiger charge is -2.27. The molecule has 1 aliphatic heterocycles. The van der Waals surface area contributed by atoms with Gasteiger partial charge in [0.25, 0.3) is 5.91 Å². The van der Waals surface area contributed by atoms with E-state index in [4.69, 9.17) is 36.8 Å². The Labute approximate surface area is 346 Å². The first-order chi connectivity index (χ1) is 28.7. The minimum atomic E-state index is -4.46. The predicted octanol–water partition coefficient (Wildman–Crippen LogP) is 7.20. The highest BCUT2D eigenvalue weighted by atomic mass is 31.3. The smallest absolute Gasteiger partial charge is 0.351 e. The molecule has 3 aromatic carbocycles. The largest absolute Gasteiger partial charge is 0.452 e. The molecule has 21 heteroatoms. The van der Waals surface area contributed by atoms with E-state index in [1.165, 1.54) is 43.5 Å². The van der Waals surface area contributed by atoms with Gasteiger partial charge in [-0.25, -0.2) is 14.4 Å². The molecule has 1 N–H and O–H groups in total. The van der Waals surface area contributed by atoms with Gasteiger partial charge in [-0.15, -0.1) is 0 Å². The number of carbonyl (C=O) groups excluding carboxylic acids is 3. The molecule has 4 aromatic rings. The molecule has 18 nitrogen and oxygen atoms in total. The number of esters is 2. The minimum absolute atomic E-state index is 0.0369. The second-order valence-electron chi connectivity index (χ2n) is 12.9. The van der Waals surface area contributed by atoms with Gasteiger partial charge in [0.1, 0.15) is 23.7 Å². The quantitative estimate of drug-likeness (QED) is 0.0645. The van der Waals surface area contributed by atoms with Gasteiger partial charge >= 0.3 is 32.8 Å². The van der Waals surface area contributed by atoms with Crippen molar-refractivity contribution in [2.75, 3.05) is 50.7 Å². The summed E-state index contributed by atoms with van der Waals surface area (Å²) >= 11 is 0. The molecule has 322 valence electrons. The number of anilines is 1. The van der Waals surface area contributed by atoms with E-state index in [9.17, 15) is 32.9 Å². The SMILES string of the molecule is CCOP(=O)(CP(=O)(OC)OC[C@H]1O[C@@H](n2ccc(NC(=O)c3ccccc3)nc2=O)[C@H](OC(=O)c2ccccc2)[C@@H]1OC(=O)c1ccccc1)CP(=O)(OCC)OCC. The zero-order valence-electron chi connectivity index (χ0n) is 33.2. The molecule has 0 bridgehead atoms. The number of amides is 1. The number of nitrogens with one attached hydrogen (secondary N) is 1. The van der Waals surface area contributed by atoms with Crippen LogP contribution >= 0.6 is 22.6 Å². The third-order valence-corrected chi connectivity index (χ3v) is 18.0. The molecular formula is C39H46N3O15P3. The van der Waals surface area contributed by atoms with Crippen LogP contribution in [-0.2, 0) is 50.5 Å². The van der Waals surface area contributed by atoms with E-state index < -0.39 is 89.0 Å². The fraction of sp³-hybridized carbons (Fsp3) is 0.359. The minimum Gasteiger partial charge on any atom is -0.452 e. The number of benzene rings is 3. The third kappa shape index (κ3) is 12.3. The van der Waals surface area contributed by atoms with E-state index in [0.717, 1.165) is 11.7 Å². The topological polar surface area (TPSA) is 223 Å². The highest BCUT2D eigenvalue weighted by Crippen LogP contribution is 2.70. The van der Waals surface area contributed by atoms with Crippen LogP contribution in [-0.4, -0.2) is 91.1 Å². The highest BCUT2D eigenvalue weighted by molar-refractivity contribution is 7.80. The summed E-state index contributed by atoms with van der Waals surface area (Å²) in [6, 6.07) is 25.2. The molecule has 0 aliphatic carbocycles. The van der Waals surface area contributed by atoms with Crippen molar-refractivity contribution in [3.63, 3.8) is 0 Å². The Hall–Kier alpha value is -4.60. The molecule has 5 rings (SSSR count). The molecule has 1 saturated heterocycles. The van der Waals surface area contributed by atoms with Crippen molar-refractivity contribution in [3.8, 4) is 0 Å². The van der Waals surface area contributed by atoms with Crippen LogP contribution in [0.4, 0.5) is 5.82 Å². The van der Waals surface area contributed by atoms with Crippen molar-refractivity contribution in [1.82, 2.24) is 9.55 Å². The van der Waals surface area contributed by atoms with E-state index in [1.807, 2.05) is 0 Å². The Bertz CT molecular complexity index is 2270. The molecule has 6 atom stereocenters. The van der Waals surface area contributed by atoms with Crippen molar-refractivity contribution in [1.29, 1.82) is 0 Å². The maximum atomic E-state index is 14.2. The summed E-state index contributed by atoms with van der Waals surface area (Å²) in [5, 5.41) is 2.55. The van der Waals surface area contributed by atoms with Crippen molar-refractivity contribution in [3.05, 3.63) is 130 Å². The number of aromatic nitrogens is 2. The van der Waals surface area contributed by atoms with Crippen molar-refractivity contribution < 1.29 is 64.9 Å². The number of hydrogen-bond donors (Lipinski definition) is 1. The first kappa shape index (κ1) is 46.5. The van der Waals surface area contributed by atoms with Crippen LogP contribution in [0.15, 0.2) is 108 Å². The van der Waals surface area contributed by atoms with Gasteiger partial charge in [0, 0.05) is 18.9 Å². The fourth-order valence-electron chi connectivity index (χ4n) is 6.06. The summed E-state index contributed by atoms with van der Waals surface area (Å²) in [5.41, 5.74) is -0.431. The van der Waals surface area contributed by atoms with Crippen molar-refractivity contribution in [2.24, 2.45) is 0 Å². The Kier molecular flexibility index (Phi) is 16.5. The number of rotatable bonds is 21. The average molecular weight is 890 g/mol. The van der Waals surface area contributed by atoms with E-state index >= 15 is 0 Å². The summed E-state index contributed by atoms with van der Waals surface area (Å²) < 4.78 is 88.2. The van der Waals surface area contributed by atoms with Crippen LogP contribution in [0.1, 0.15) is 58.1 Å². The number of ether oxygens (including phenoxy) is 3. The Morgan fingerprint density at radius 3 is 1.68 bits per heavy atom. The van der Waals surface area contributed by atoms with Crippen LogP contribution in [0, 0.1) is 0 Å². The molecule has 2 unspecified atom stereocenters. The van der Waals surface area contributed by atoms with Gasteiger partial charge in [0.15, 0.2) is 18.4 Å². The second-order valence-corrected chi connectivity index (χ2v) is 20.6. The molecular weight excluding hydrogens is 843 g/mol. The maximum Gasteiger partial charge on any atom is 0.351 e. The molecule has 1 fully saturated rings. The lowest BCUT2D eigenvalue weighted by Crippen LogP contribution is -2.42.